The van der Waals surface area contributed by atoms with Crippen molar-refractivity contribution in [3.63, 3.8) is 0 Å². The standard InChI is InChI=1S/C43H56N6O7S.C42H54N6O8S.Li.H2O/c1-10-26-20-43(26,25(3)50)48-37(52)33-18-28(22-49(33)38(53)36(42(7,8)9)47-40(54)56-27-13-11-12-14-27)55-34-19-31(44-30-17-24(2)15-16-29(30)34)32-23-57-39(45-32)46-35(51)21-41(4,5)6;1-9-24-19-42(24,37(52)53)47-35(50)31-17-26(21-48(31)36(51)34(41(6,7)8)46-39(54)56-25-12-10-11-13-25)55-32-18-29(43-28-16-23(2)14-15-27(28)32)30-22-57-38(44-30)45-33(49)20-40(3,4)5;;/h10,15-17,19,23,26-28,33,36H,1,11-14,18,20-22H2,2-9H3,(H,47,54)(H,48,52)(H,45,46,51);9,14-16,18,22,24-26,31,34H,1,10-13,17,19-21H2,2-8H3,(H,46,54)(H,47,50)(H,52,53)(H,44,45,49);;1H2/q;;+1;/p-1/t26-,28-,33+,36-,43+;24-,26-,31+,34-,42-;;/m11../s1. The van der Waals surface area contributed by atoms with Crippen LogP contribution in [-0.2, 0) is 47.8 Å². The first kappa shape index (κ1) is 90.6. The summed E-state index contributed by atoms with van der Waals surface area (Å²) in [4.78, 5) is 156. The molecule has 6 aromatic rings. The first-order chi connectivity index (χ1) is 53.5. The summed E-state index contributed by atoms with van der Waals surface area (Å²) in [5.74, 6) is -3.46. The summed E-state index contributed by atoms with van der Waals surface area (Å²) in [6.07, 6.45) is 8.42. The summed E-state index contributed by atoms with van der Waals surface area (Å²) in [6, 6.07) is 10.9. The third kappa shape index (κ3) is 21.9. The van der Waals surface area contributed by atoms with E-state index >= 15 is 0 Å². The molecule has 6 fully saturated rings. The molecule has 4 saturated carbocycles. The van der Waals surface area contributed by atoms with Gasteiger partial charge in [-0.15, -0.1) is 35.8 Å². The number of anilines is 2. The first-order valence-electron chi connectivity index (χ1n) is 39.4. The molecule has 620 valence electrons. The number of carboxylic acids is 1. The van der Waals surface area contributed by atoms with Crippen molar-refractivity contribution in [1.29, 1.82) is 0 Å². The van der Waals surface area contributed by atoms with E-state index in [1.165, 1.54) is 45.5 Å². The van der Waals surface area contributed by atoms with Crippen LogP contribution >= 0.6 is 22.7 Å². The molecule has 4 aliphatic carbocycles. The Morgan fingerprint density at radius 3 is 1.26 bits per heavy atom. The van der Waals surface area contributed by atoms with Gasteiger partial charge in [0.2, 0.25) is 35.4 Å². The van der Waals surface area contributed by atoms with Gasteiger partial charge >= 0.3 is 37.0 Å². The number of benzene rings is 2. The van der Waals surface area contributed by atoms with Gasteiger partial charge in [-0.05, 0) is 142 Å². The molecule has 0 spiro atoms. The number of ether oxygens (including phenoxy) is 4. The van der Waals surface area contributed by atoms with Gasteiger partial charge in [-0.25, -0.2) is 34.3 Å². The molecule has 0 unspecified atom stereocenters. The van der Waals surface area contributed by atoms with Crippen LogP contribution in [-0.4, -0.2) is 172 Å². The molecule has 0 radical (unpaired) electrons. The fraction of sp³-hybridized carbons (Fsp3) is 0.553. The molecule has 116 heavy (non-hydrogen) atoms. The number of carboxylic acid groups (broad SMARTS) is 1. The second-order valence-corrected chi connectivity index (χ2v) is 37.8. The zero-order valence-corrected chi connectivity index (χ0v) is 71.2. The molecule has 2 saturated heterocycles. The number of carbonyl (C=O) groups is 10. The van der Waals surface area contributed by atoms with Crippen LogP contribution in [0.3, 0.4) is 0 Å². The Balaban J connectivity index is 0.000000261. The number of fused-ring (bicyclic) bond motifs is 2. The van der Waals surface area contributed by atoms with Gasteiger partial charge in [0.15, 0.2) is 16.0 Å². The molecule has 6 aliphatic rings. The van der Waals surface area contributed by atoms with E-state index in [9.17, 15) is 53.1 Å². The van der Waals surface area contributed by atoms with Gasteiger partial charge in [-0.1, -0.05) is 107 Å². The monoisotopic (exact) mass is 1630 g/mol. The zero-order chi connectivity index (χ0) is 82.9. The van der Waals surface area contributed by atoms with Crippen LogP contribution in [0.4, 0.5) is 19.9 Å². The van der Waals surface area contributed by atoms with Crippen LogP contribution in [0, 0.1) is 47.3 Å². The van der Waals surface area contributed by atoms with Gasteiger partial charge in [0.05, 0.1) is 35.5 Å². The summed E-state index contributed by atoms with van der Waals surface area (Å²) >= 11 is 2.59. The second-order valence-electron chi connectivity index (χ2n) is 36.0. The average molecular weight is 1630 g/mol. The Labute approximate surface area is 697 Å². The van der Waals surface area contributed by atoms with E-state index in [4.69, 9.17) is 28.9 Å². The van der Waals surface area contributed by atoms with Gasteiger partial charge in [-0.2, -0.15) is 0 Å². The number of nitrogens with one attached hydrogen (secondary N) is 6. The van der Waals surface area contributed by atoms with Crippen molar-refractivity contribution < 1.29 is 96.3 Å². The normalized spacial score (nSPS) is 22.4. The first-order valence-corrected chi connectivity index (χ1v) is 41.1. The molecule has 10 atom stereocenters. The minimum Gasteiger partial charge on any atom is -0.870 e. The van der Waals surface area contributed by atoms with Crippen LogP contribution in [0.2, 0.25) is 0 Å². The van der Waals surface area contributed by atoms with E-state index in [2.05, 4.69) is 55.0 Å². The Morgan fingerprint density at radius 2 is 0.922 bits per heavy atom. The number of Topliss-reactive ketones (excluding diaryl/α,β-unsaturated/α-hetero) is 1. The van der Waals surface area contributed by atoms with Gasteiger partial charge in [0.1, 0.15) is 82.5 Å². The van der Waals surface area contributed by atoms with E-state index in [1.54, 1.807) is 23.6 Å². The fourth-order valence-corrected chi connectivity index (χ4v) is 16.9. The van der Waals surface area contributed by atoms with E-state index in [-0.39, 0.29) is 103 Å². The summed E-state index contributed by atoms with van der Waals surface area (Å²) in [5.41, 5.74) is 0.878. The van der Waals surface area contributed by atoms with E-state index < -0.39 is 106 Å². The zero-order valence-electron chi connectivity index (χ0n) is 69.5. The number of pyridine rings is 2. The largest absolute Gasteiger partial charge is 1.00 e. The van der Waals surface area contributed by atoms with E-state index in [0.29, 0.717) is 80.2 Å². The number of amides is 8. The number of rotatable bonds is 24. The molecular weight excluding hydrogens is 1520 g/mol. The Morgan fingerprint density at radius 1 is 0.552 bits per heavy atom. The van der Waals surface area contributed by atoms with Crippen LogP contribution < -0.4 is 60.2 Å². The molecule has 8 N–H and O–H groups in total. The van der Waals surface area contributed by atoms with Crippen LogP contribution in [0.5, 0.6) is 11.5 Å². The molecule has 12 rings (SSSR count). The predicted molar refractivity (Wildman–Crippen MR) is 438 cm³/mol. The summed E-state index contributed by atoms with van der Waals surface area (Å²) in [7, 11) is 0. The number of nitrogens with zero attached hydrogens (tertiary/aromatic N) is 6. The predicted octanol–water partition coefficient (Wildman–Crippen LogP) is 10.6. The molecule has 8 amide bonds. The van der Waals surface area contributed by atoms with Gasteiger partial charge in [0, 0.05) is 71.2 Å². The van der Waals surface area contributed by atoms with Crippen LogP contribution in [0.15, 0.2) is 84.6 Å². The maximum Gasteiger partial charge on any atom is 1.00 e. The number of aliphatic carboxylic acids is 1. The third-order valence-corrected chi connectivity index (χ3v) is 23.3. The van der Waals surface area contributed by atoms with Crippen LogP contribution in [0.1, 0.15) is 191 Å². The maximum absolute atomic E-state index is 14.6. The van der Waals surface area contributed by atoms with Gasteiger partial charge < -0.3 is 71.2 Å². The van der Waals surface area contributed by atoms with Crippen molar-refractivity contribution in [2.45, 2.75) is 253 Å². The molecule has 2 aromatic carbocycles. The van der Waals surface area contributed by atoms with Crippen molar-refractivity contribution in [2.24, 2.45) is 33.5 Å². The SMILES string of the molecule is C=C[C@@H]1C[C@]1(NC(=O)[C@@H]1C[C@@H](Oc2cc(-c3csc(NC(=O)CC(C)(C)C)n3)nc3cc(C)ccc23)CN1C(=O)[C@@H](NC(=O)OC1CCCC1)C(C)(C)C)C(=O)O.C=C[C@@H]1C[C@]1(NC(=O)[C@@H]1C[C@@H](Oc2cc(-c3csc(NC(=O)CC(C)(C)C)n3)nc3cc(C)ccc23)CN1C(=O)[C@@H](NC(=O)OC1CCCC1)C(C)(C)C)C(C)=O.[Li+].[OH-]. The average Bonchev–Trinajstić information content (AvgIpc) is 1.58. The number of aryl methyl sites for hydroxylation is 2. The number of hydrogen-bond acceptors (Lipinski definition) is 21. The number of carbonyl (C=O) groups excluding carboxylic acids is 9. The number of hydrogen-bond donors (Lipinski definition) is 7. The second kappa shape index (κ2) is 36.3. The van der Waals surface area contributed by atoms with Crippen molar-refractivity contribution in [3.05, 3.63) is 95.7 Å². The minimum atomic E-state index is -1.52. The molecule has 28 nitrogen and oxygen atoms in total. The van der Waals surface area contributed by atoms with Crippen molar-refractivity contribution in [1.82, 2.24) is 51.0 Å². The van der Waals surface area contributed by atoms with Crippen molar-refractivity contribution in [3.8, 4) is 34.3 Å². The van der Waals surface area contributed by atoms with Crippen molar-refractivity contribution >= 4 is 114 Å². The number of likely N-dealkylation sites (tertiary alicyclic amines) is 2. The van der Waals surface area contributed by atoms with E-state index in [0.717, 1.165) is 67.9 Å². The topological polar surface area (TPSA) is 388 Å². The maximum atomic E-state index is 14.6. The van der Waals surface area contributed by atoms with Gasteiger partial charge in [0.25, 0.3) is 0 Å². The Bertz CT molecular complexity index is 4430. The molecule has 6 heterocycles. The number of aromatic nitrogens is 4. The Hall–Kier alpha value is -9.34. The summed E-state index contributed by atoms with van der Waals surface area (Å²) < 4.78 is 24.8. The number of ketones is 1. The molecular formula is C85H111LiN12O16S2. The van der Waals surface area contributed by atoms with E-state index in [1.807, 2.05) is 139 Å². The smallest absolute Gasteiger partial charge is 0.870 e. The number of thiazole rings is 2. The van der Waals surface area contributed by atoms with Crippen LogP contribution in [0.25, 0.3) is 44.6 Å². The van der Waals surface area contributed by atoms with Gasteiger partial charge in [-0.3, -0.25) is 33.6 Å². The molecule has 0 bridgehead atoms. The minimum absolute atomic E-state index is 0. The fourth-order valence-electron chi connectivity index (χ4n) is 15.4. The third-order valence-electron chi connectivity index (χ3n) is 21.7. The molecule has 2 aliphatic heterocycles. The summed E-state index contributed by atoms with van der Waals surface area (Å²) in [6.45, 7) is 35.9. The number of alkyl carbamates (subject to hydrolysis) is 2. The Kier molecular flexibility index (Phi) is 28.3. The molecule has 31 heteroatoms. The van der Waals surface area contributed by atoms with Crippen molar-refractivity contribution in [2.75, 3.05) is 23.7 Å². The summed E-state index contributed by atoms with van der Waals surface area (Å²) in [5, 5.41) is 33.1. The molecule has 4 aromatic heterocycles. The quantitative estimate of drug-likeness (QED) is 0.0219.